The van der Waals surface area contributed by atoms with Crippen LogP contribution in [0.25, 0.3) is 11.2 Å². The lowest BCUT2D eigenvalue weighted by Gasteiger charge is -2.12. The van der Waals surface area contributed by atoms with Gasteiger partial charge in [0.15, 0.2) is 11.2 Å². The number of halogens is 4. The number of aliphatic hydroxyl groups excluding tert-OH is 1. The lowest BCUT2D eigenvalue weighted by atomic mass is 10.2. The second-order valence-corrected chi connectivity index (χ2v) is 8.21. The average Bonchev–Trinajstić information content (AvgIpc) is 3.17. The molecule has 190 valence electrons. The van der Waals surface area contributed by atoms with Crippen LogP contribution in [0.2, 0.25) is 5.02 Å². The molecule has 0 saturated heterocycles. The monoisotopic (exact) mass is 524 g/mol. The Morgan fingerprint density at radius 2 is 1.64 bits per heavy atom. The molecule has 0 fully saturated rings. The van der Waals surface area contributed by atoms with Crippen molar-refractivity contribution >= 4 is 22.8 Å². The molecule has 0 atom stereocenters. The molecule has 0 bridgehead atoms. The molecule has 4 aromatic rings. The fourth-order valence-corrected chi connectivity index (χ4v) is 3.72. The summed E-state index contributed by atoms with van der Waals surface area (Å²) in [7, 11) is 1.45. The third-order valence-corrected chi connectivity index (χ3v) is 5.51. The third kappa shape index (κ3) is 5.39. The Morgan fingerprint density at radius 1 is 1.00 bits per heavy atom. The molecule has 2 aromatic carbocycles. The van der Waals surface area contributed by atoms with Crippen molar-refractivity contribution < 1.29 is 27.8 Å². The fraction of sp³-hybridized carbons (Fsp3) is 0.261. The van der Waals surface area contributed by atoms with Crippen LogP contribution in [0.5, 0.6) is 17.5 Å². The number of benzene rings is 2. The van der Waals surface area contributed by atoms with E-state index in [1.54, 1.807) is 24.3 Å². The quantitative estimate of drug-likeness (QED) is 0.377. The largest absolute Gasteiger partial charge is 0.573 e. The molecule has 0 spiro atoms. The molecule has 9 nitrogen and oxygen atoms in total. The highest BCUT2D eigenvalue weighted by molar-refractivity contribution is 6.30. The molecule has 0 aliphatic heterocycles. The third-order valence-electron chi connectivity index (χ3n) is 5.26. The van der Waals surface area contributed by atoms with E-state index in [-0.39, 0.29) is 49.0 Å². The number of aryl methyl sites for hydroxylation is 1. The highest BCUT2D eigenvalue weighted by Gasteiger charge is 2.31. The minimum atomic E-state index is -4.84. The predicted molar refractivity (Wildman–Crippen MR) is 125 cm³/mol. The Hall–Kier alpha value is -3.77. The number of rotatable bonds is 8. The van der Waals surface area contributed by atoms with Crippen LogP contribution >= 0.6 is 11.6 Å². The van der Waals surface area contributed by atoms with Crippen molar-refractivity contribution in [3.05, 3.63) is 80.0 Å². The Balaban J connectivity index is 1.82. The second kappa shape index (κ2) is 10.1. The van der Waals surface area contributed by atoms with E-state index in [4.69, 9.17) is 16.3 Å². The summed E-state index contributed by atoms with van der Waals surface area (Å²) in [4.78, 5) is 30.4. The zero-order valence-electron chi connectivity index (χ0n) is 18.8. The van der Waals surface area contributed by atoms with Gasteiger partial charge in [0.05, 0.1) is 6.54 Å². The van der Waals surface area contributed by atoms with Gasteiger partial charge in [0.25, 0.3) is 5.56 Å². The highest BCUT2D eigenvalue weighted by atomic mass is 35.5. The van der Waals surface area contributed by atoms with Crippen molar-refractivity contribution in [2.24, 2.45) is 7.05 Å². The van der Waals surface area contributed by atoms with Crippen molar-refractivity contribution in [2.45, 2.75) is 25.9 Å². The molecule has 4 rings (SSSR count). The lowest BCUT2D eigenvalue weighted by molar-refractivity contribution is -0.274. The number of nitrogens with zero attached hydrogens (tertiary/aromatic N) is 4. The van der Waals surface area contributed by atoms with E-state index in [1.807, 2.05) is 0 Å². The van der Waals surface area contributed by atoms with Crippen LogP contribution in [0.1, 0.15) is 12.0 Å². The number of fused-ring (bicyclic) bond motifs is 1. The molecular weight excluding hydrogens is 505 g/mol. The second-order valence-electron chi connectivity index (χ2n) is 7.78. The standard InChI is InChI=1S/C23H20ClF3N4O5/c1-29-19-18(20(33)30(22(29)34)11-2-12-32)31(13-14-3-5-15(24)6-4-14)21(28-19)35-16-7-9-17(10-8-16)36-23(25,26)27/h3-10,32H,2,11-13H2,1H3. The van der Waals surface area contributed by atoms with Crippen LogP contribution in [0.15, 0.2) is 58.1 Å². The molecule has 0 unspecified atom stereocenters. The van der Waals surface area contributed by atoms with Crippen LogP contribution in [0.4, 0.5) is 13.2 Å². The van der Waals surface area contributed by atoms with Crippen molar-refractivity contribution in [1.82, 2.24) is 18.7 Å². The van der Waals surface area contributed by atoms with Gasteiger partial charge >= 0.3 is 18.1 Å². The molecule has 0 amide bonds. The first-order chi connectivity index (χ1) is 17.1. The Morgan fingerprint density at radius 3 is 2.25 bits per heavy atom. The van der Waals surface area contributed by atoms with Crippen molar-refractivity contribution in [3.63, 3.8) is 0 Å². The van der Waals surface area contributed by atoms with Crippen LogP contribution in [0, 0.1) is 0 Å². The van der Waals surface area contributed by atoms with Crippen LogP contribution < -0.4 is 20.7 Å². The van der Waals surface area contributed by atoms with E-state index in [9.17, 15) is 27.9 Å². The molecule has 36 heavy (non-hydrogen) atoms. The number of imidazole rings is 1. The van der Waals surface area contributed by atoms with Gasteiger partial charge in [-0.2, -0.15) is 4.98 Å². The van der Waals surface area contributed by atoms with Crippen molar-refractivity contribution in [2.75, 3.05) is 6.61 Å². The molecule has 2 heterocycles. The molecule has 1 N–H and O–H groups in total. The van der Waals surface area contributed by atoms with Gasteiger partial charge in [-0.25, -0.2) is 4.79 Å². The van der Waals surface area contributed by atoms with E-state index in [0.717, 1.165) is 22.3 Å². The zero-order chi connectivity index (χ0) is 26.0. The number of ether oxygens (including phenoxy) is 2. The maximum absolute atomic E-state index is 13.3. The van der Waals surface area contributed by atoms with E-state index >= 15 is 0 Å². The SMILES string of the molecule is Cn1c(=O)n(CCCO)c(=O)c2c1nc(Oc1ccc(OC(F)(F)F)cc1)n2Cc1ccc(Cl)cc1. The minimum absolute atomic E-state index is 0.000922. The maximum atomic E-state index is 13.3. The number of aromatic nitrogens is 4. The number of aliphatic hydroxyl groups is 1. The van der Waals surface area contributed by atoms with Crippen molar-refractivity contribution in [1.29, 1.82) is 0 Å². The minimum Gasteiger partial charge on any atom is -0.425 e. The molecular formula is C23H20ClF3N4O5. The molecule has 2 aromatic heterocycles. The predicted octanol–water partition coefficient (Wildman–Crippen LogP) is 3.67. The summed E-state index contributed by atoms with van der Waals surface area (Å²) < 4.78 is 50.8. The van der Waals surface area contributed by atoms with Gasteiger partial charge in [-0.05, 0) is 48.4 Å². The first-order valence-corrected chi connectivity index (χ1v) is 11.0. The first-order valence-electron chi connectivity index (χ1n) is 10.7. The van der Waals surface area contributed by atoms with Gasteiger partial charge in [-0.15, -0.1) is 13.2 Å². The smallest absolute Gasteiger partial charge is 0.425 e. The summed E-state index contributed by atoms with van der Waals surface area (Å²) in [6, 6.07) is 11.4. The van der Waals surface area contributed by atoms with E-state index in [0.29, 0.717) is 5.02 Å². The number of hydrogen-bond donors (Lipinski definition) is 1. The average molecular weight is 525 g/mol. The molecule has 0 saturated carbocycles. The summed E-state index contributed by atoms with van der Waals surface area (Å²) in [5, 5.41) is 9.68. The van der Waals surface area contributed by atoms with Gasteiger partial charge in [-0.3, -0.25) is 18.5 Å². The van der Waals surface area contributed by atoms with E-state index in [1.165, 1.54) is 28.3 Å². The number of alkyl halides is 3. The van der Waals surface area contributed by atoms with Crippen molar-refractivity contribution in [3.8, 4) is 17.5 Å². The zero-order valence-corrected chi connectivity index (χ0v) is 19.6. The lowest BCUT2D eigenvalue weighted by Crippen LogP contribution is -2.39. The van der Waals surface area contributed by atoms with E-state index < -0.39 is 23.4 Å². The highest BCUT2D eigenvalue weighted by Crippen LogP contribution is 2.29. The molecule has 0 aliphatic rings. The van der Waals surface area contributed by atoms with Gasteiger partial charge in [0, 0.05) is 25.2 Å². The molecule has 13 heteroatoms. The number of hydrogen-bond acceptors (Lipinski definition) is 6. The van der Waals surface area contributed by atoms with Crippen LogP contribution in [-0.2, 0) is 20.1 Å². The Bertz CT molecular complexity index is 1490. The van der Waals surface area contributed by atoms with Gasteiger partial charge < -0.3 is 14.6 Å². The topological polar surface area (TPSA) is 101 Å². The summed E-state index contributed by atoms with van der Waals surface area (Å²) >= 11 is 5.98. The van der Waals surface area contributed by atoms with Gasteiger partial charge in [0.2, 0.25) is 0 Å². The Kier molecular flexibility index (Phi) is 7.09. The first kappa shape index (κ1) is 25.3. The molecule has 0 aliphatic carbocycles. The normalized spacial score (nSPS) is 11.7. The van der Waals surface area contributed by atoms with E-state index in [2.05, 4.69) is 9.72 Å². The summed E-state index contributed by atoms with van der Waals surface area (Å²) in [6.45, 7) is -0.0906. The molecule has 0 radical (unpaired) electrons. The van der Waals surface area contributed by atoms with Gasteiger partial charge in [-0.1, -0.05) is 23.7 Å². The summed E-state index contributed by atoms with van der Waals surface area (Å²) in [6.07, 6.45) is -4.64. The Labute approximate surface area is 206 Å². The van der Waals surface area contributed by atoms with Crippen LogP contribution in [0.3, 0.4) is 0 Å². The van der Waals surface area contributed by atoms with Gasteiger partial charge in [0.1, 0.15) is 11.5 Å². The summed E-state index contributed by atoms with van der Waals surface area (Å²) in [5.41, 5.74) is -0.347. The summed E-state index contributed by atoms with van der Waals surface area (Å²) in [5.74, 6) is -0.304. The van der Waals surface area contributed by atoms with Crippen LogP contribution in [-0.4, -0.2) is 36.8 Å². The maximum Gasteiger partial charge on any atom is 0.573 e. The fourth-order valence-electron chi connectivity index (χ4n) is 3.59.